The van der Waals surface area contributed by atoms with E-state index >= 15 is 0 Å². The van der Waals surface area contributed by atoms with Crippen molar-refractivity contribution in [1.29, 1.82) is 0 Å². The van der Waals surface area contributed by atoms with Crippen molar-refractivity contribution in [3.8, 4) is 0 Å². The number of nitrogens with zero attached hydrogens (tertiary/aromatic N) is 8. The number of carbonyl (C=O) groups excluding carboxylic acids is 1. The van der Waals surface area contributed by atoms with Crippen molar-refractivity contribution in [1.82, 2.24) is 34.2 Å². The van der Waals surface area contributed by atoms with Crippen molar-refractivity contribution in [2.45, 2.75) is 33.0 Å². The molecule has 10 heteroatoms. The highest BCUT2D eigenvalue weighted by atomic mass is 16.2. The molecule has 0 bridgehead atoms. The van der Waals surface area contributed by atoms with Crippen LogP contribution in [0.5, 0.6) is 0 Å². The molecule has 0 radical (unpaired) electrons. The Hall–Kier alpha value is -3.43. The first kappa shape index (κ1) is 17.7. The average Bonchev–Trinajstić information content (AvgIpc) is 3.23. The van der Waals surface area contributed by atoms with Gasteiger partial charge in [-0.2, -0.15) is 10.1 Å². The van der Waals surface area contributed by atoms with E-state index in [1.165, 1.54) is 0 Å². The number of amides is 1. The summed E-state index contributed by atoms with van der Waals surface area (Å²) in [6, 6.07) is 3.72. The molecule has 5 heterocycles. The third-order valence-corrected chi connectivity index (χ3v) is 5.45. The Balaban J connectivity index is 1.30. The monoisotopic (exact) mass is 393 g/mol. The van der Waals surface area contributed by atoms with Gasteiger partial charge in [0.2, 0.25) is 5.95 Å². The normalized spacial score (nSPS) is 16.3. The highest BCUT2D eigenvalue weighted by Gasteiger charge is 2.26. The fraction of sp³-hybridized carbons (Fsp3) is 0.421. The molecule has 3 aromatic rings. The zero-order valence-electron chi connectivity index (χ0n) is 16.3. The molecule has 0 unspecified atom stereocenters. The molecule has 150 valence electrons. The number of hydrogen-bond acceptors (Lipinski definition) is 7. The molecule has 0 saturated heterocycles. The maximum Gasteiger partial charge on any atom is 0.274 e. The van der Waals surface area contributed by atoms with Gasteiger partial charge in [0.05, 0.1) is 24.5 Å². The number of hydrogen-bond donors (Lipinski definition) is 1. The Morgan fingerprint density at radius 3 is 2.90 bits per heavy atom. The summed E-state index contributed by atoms with van der Waals surface area (Å²) >= 11 is 0. The summed E-state index contributed by atoms with van der Waals surface area (Å²) in [5.41, 5.74) is 8.35. The predicted octanol–water partition coefficient (Wildman–Crippen LogP) is 0.479. The van der Waals surface area contributed by atoms with Gasteiger partial charge >= 0.3 is 0 Å². The SMILES string of the molecule is Cc1cc2n(n1)CCN(C(=O)c1cn3c(n1)CCN(c1nccc(N)n1)CC3)C2. The summed E-state index contributed by atoms with van der Waals surface area (Å²) in [6.45, 7) is 6.11. The molecule has 0 saturated carbocycles. The largest absolute Gasteiger partial charge is 0.384 e. The lowest BCUT2D eigenvalue weighted by Crippen LogP contribution is -2.38. The van der Waals surface area contributed by atoms with Gasteiger partial charge in [0.25, 0.3) is 5.91 Å². The molecular weight excluding hydrogens is 370 g/mol. The first-order chi connectivity index (χ1) is 14.1. The number of nitrogen functional groups attached to an aromatic ring is 1. The molecule has 2 N–H and O–H groups in total. The number of anilines is 2. The molecule has 0 aromatic carbocycles. The van der Waals surface area contributed by atoms with Crippen LogP contribution < -0.4 is 10.6 Å². The van der Waals surface area contributed by atoms with E-state index in [-0.39, 0.29) is 5.91 Å². The minimum atomic E-state index is -0.0216. The van der Waals surface area contributed by atoms with Crippen LogP contribution in [0.3, 0.4) is 0 Å². The minimum Gasteiger partial charge on any atom is -0.384 e. The van der Waals surface area contributed by atoms with Crippen LogP contribution in [0.15, 0.2) is 24.5 Å². The smallest absolute Gasteiger partial charge is 0.274 e. The summed E-state index contributed by atoms with van der Waals surface area (Å²) in [7, 11) is 0. The van der Waals surface area contributed by atoms with Crippen LogP contribution in [-0.4, -0.2) is 59.7 Å². The van der Waals surface area contributed by atoms with Crippen LogP contribution in [0.1, 0.15) is 27.7 Å². The number of aryl methyl sites for hydroxylation is 1. The van der Waals surface area contributed by atoms with Crippen molar-refractivity contribution in [3.05, 3.63) is 47.4 Å². The number of carbonyl (C=O) groups is 1. The topological polar surface area (TPSA) is 111 Å². The van der Waals surface area contributed by atoms with E-state index in [1.807, 2.05) is 28.8 Å². The van der Waals surface area contributed by atoms with Crippen LogP contribution in [0.2, 0.25) is 0 Å². The van der Waals surface area contributed by atoms with E-state index in [0.29, 0.717) is 30.5 Å². The molecule has 0 atom stereocenters. The summed E-state index contributed by atoms with van der Waals surface area (Å²) in [5.74, 6) is 1.99. The first-order valence-corrected chi connectivity index (χ1v) is 9.79. The third kappa shape index (κ3) is 3.30. The zero-order valence-corrected chi connectivity index (χ0v) is 16.3. The molecule has 10 nitrogen and oxygen atoms in total. The maximum absolute atomic E-state index is 13.0. The fourth-order valence-electron chi connectivity index (χ4n) is 3.99. The Bertz CT molecular complexity index is 1040. The second-order valence-corrected chi connectivity index (χ2v) is 7.48. The lowest BCUT2D eigenvalue weighted by atomic mass is 10.2. The molecule has 29 heavy (non-hydrogen) atoms. The van der Waals surface area contributed by atoms with E-state index in [9.17, 15) is 4.79 Å². The molecule has 2 aliphatic heterocycles. The number of fused-ring (bicyclic) bond motifs is 2. The van der Waals surface area contributed by atoms with Gasteiger partial charge in [0.15, 0.2) is 0 Å². The van der Waals surface area contributed by atoms with Gasteiger partial charge in [-0.3, -0.25) is 9.48 Å². The number of rotatable bonds is 2. The van der Waals surface area contributed by atoms with Gasteiger partial charge in [-0.15, -0.1) is 0 Å². The molecule has 0 fully saturated rings. The van der Waals surface area contributed by atoms with E-state index < -0.39 is 0 Å². The quantitative estimate of drug-likeness (QED) is 0.674. The Labute approximate surface area is 168 Å². The van der Waals surface area contributed by atoms with Gasteiger partial charge < -0.3 is 20.1 Å². The number of imidazole rings is 1. The Morgan fingerprint density at radius 2 is 2.03 bits per heavy atom. The van der Waals surface area contributed by atoms with Crippen molar-refractivity contribution in [3.63, 3.8) is 0 Å². The summed E-state index contributed by atoms with van der Waals surface area (Å²) in [5, 5.41) is 4.45. The predicted molar refractivity (Wildman–Crippen MR) is 106 cm³/mol. The summed E-state index contributed by atoms with van der Waals surface area (Å²) < 4.78 is 4.05. The first-order valence-electron chi connectivity index (χ1n) is 9.79. The van der Waals surface area contributed by atoms with E-state index in [1.54, 1.807) is 12.3 Å². The van der Waals surface area contributed by atoms with Crippen LogP contribution >= 0.6 is 0 Å². The minimum absolute atomic E-state index is 0.0216. The molecule has 3 aromatic heterocycles. The standard InChI is InChI=1S/C19H23N9O/c1-13-10-14-11-27(8-9-28(14)24-13)18(29)15-12-26-7-6-25(5-3-17(26)22-15)19-21-4-2-16(20)23-19/h2,4,10,12H,3,5-9,11H2,1H3,(H2,20,21,23). The van der Waals surface area contributed by atoms with Crippen LogP contribution in [0.25, 0.3) is 0 Å². The zero-order chi connectivity index (χ0) is 20.0. The van der Waals surface area contributed by atoms with Crippen molar-refractivity contribution in [2.24, 2.45) is 0 Å². The summed E-state index contributed by atoms with van der Waals surface area (Å²) in [6.07, 6.45) is 4.26. The molecule has 2 aliphatic rings. The second-order valence-electron chi connectivity index (χ2n) is 7.48. The molecule has 1 amide bonds. The summed E-state index contributed by atoms with van der Waals surface area (Å²) in [4.78, 5) is 30.2. The Kier molecular flexibility index (Phi) is 4.18. The van der Waals surface area contributed by atoms with Gasteiger partial charge in [0, 0.05) is 45.0 Å². The van der Waals surface area contributed by atoms with Gasteiger partial charge in [-0.05, 0) is 19.1 Å². The van der Waals surface area contributed by atoms with Crippen molar-refractivity contribution in [2.75, 3.05) is 30.3 Å². The van der Waals surface area contributed by atoms with Crippen molar-refractivity contribution < 1.29 is 4.79 Å². The van der Waals surface area contributed by atoms with Crippen LogP contribution in [-0.2, 0) is 26.1 Å². The average molecular weight is 393 g/mol. The van der Waals surface area contributed by atoms with Crippen LogP contribution in [0.4, 0.5) is 11.8 Å². The number of aromatic nitrogens is 6. The molecule has 0 spiro atoms. The van der Waals surface area contributed by atoms with Gasteiger partial charge in [-0.1, -0.05) is 0 Å². The lowest BCUT2D eigenvalue weighted by molar-refractivity contribution is 0.0700. The highest BCUT2D eigenvalue weighted by molar-refractivity contribution is 5.92. The molecule has 5 rings (SSSR count). The number of nitrogens with two attached hydrogens (primary N) is 1. The third-order valence-electron chi connectivity index (χ3n) is 5.45. The van der Waals surface area contributed by atoms with Crippen LogP contribution in [0, 0.1) is 6.92 Å². The highest BCUT2D eigenvalue weighted by Crippen LogP contribution is 2.18. The maximum atomic E-state index is 13.0. The van der Waals surface area contributed by atoms with Crippen molar-refractivity contribution >= 4 is 17.7 Å². The molecular formula is C19H23N9O. The van der Waals surface area contributed by atoms with E-state index in [2.05, 4.69) is 29.5 Å². The van der Waals surface area contributed by atoms with Gasteiger partial charge in [-0.25, -0.2) is 9.97 Å². The Morgan fingerprint density at radius 1 is 1.14 bits per heavy atom. The second kappa shape index (κ2) is 6.87. The lowest BCUT2D eigenvalue weighted by Gasteiger charge is -2.27. The molecule has 0 aliphatic carbocycles. The van der Waals surface area contributed by atoms with E-state index in [4.69, 9.17) is 5.73 Å². The van der Waals surface area contributed by atoms with Gasteiger partial charge in [0.1, 0.15) is 17.3 Å². The fourth-order valence-corrected chi connectivity index (χ4v) is 3.99. The van der Waals surface area contributed by atoms with E-state index in [0.717, 1.165) is 49.8 Å².